The molecule has 0 bridgehead atoms. The lowest BCUT2D eigenvalue weighted by molar-refractivity contribution is -0.142. The Hall–Kier alpha value is -4.92. The maximum absolute atomic E-state index is 13.6. The highest BCUT2D eigenvalue weighted by Crippen LogP contribution is 2.19. The fourth-order valence-corrected chi connectivity index (χ4v) is 4.64. The second-order valence-corrected chi connectivity index (χ2v) is 10.7. The number of H-pyrrole nitrogens is 2. The molecule has 238 valence electrons. The van der Waals surface area contributed by atoms with Crippen LogP contribution in [0.5, 0.6) is 0 Å². The van der Waals surface area contributed by atoms with Gasteiger partial charge < -0.3 is 48.2 Å². The molecule has 2 aromatic heterocycles. The highest BCUT2D eigenvalue weighted by atomic mass is 16.4. The molecule has 3 amide bonds. The van der Waals surface area contributed by atoms with Crippen molar-refractivity contribution >= 4 is 40.6 Å². The molecule has 15 nitrogen and oxygen atoms in total. The van der Waals surface area contributed by atoms with Crippen LogP contribution in [0.1, 0.15) is 44.4 Å². The maximum Gasteiger partial charge on any atom is 0.326 e. The number of benzene rings is 1. The Morgan fingerprint density at radius 3 is 2.32 bits per heavy atom. The summed E-state index contributed by atoms with van der Waals surface area (Å²) in [6.07, 6.45) is 5.77. The van der Waals surface area contributed by atoms with Crippen LogP contribution in [0.3, 0.4) is 0 Å². The van der Waals surface area contributed by atoms with E-state index in [2.05, 4.69) is 35.9 Å². The van der Waals surface area contributed by atoms with Crippen LogP contribution in [0.4, 0.5) is 0 Å². The molecule has 0 saturated heterocycles. The van der Waals surface area contributed by atoms with Crippen molar-refractivity contribution < 1.29 is 24.3 Å². The number of carboxylic acids is 1. The second-order valence-electron chi connectivity index (χ2n) is 10.7. The van der Waals surface area contributed by atoms with Gasteiger partial charge in [0.05, 0.1) is 12.4 Å². The third kappa shape index (κ3) is 9.55. The van der Waals surface area contributed by atoms with Crippen LogP contribution in [-0.4, -0.2) is 80.4 Å². The minimum absolute atomic E-state index is 0.00673. The van der Waals surface area contributed by atoms with Crippen molar-refractivity contribution in [2.75, 3.05) is 6.54 Å². The Morgan fingerprint density at radius 2 is 1.66 bits per heavy atom. The van der Waals surface area contributed by atoms with E-state index in [-0.39, 0.29) is 37.7 Å². The van der Waals surface area contributed by atoms with Crippen LogP contribution in [0.2, 0.25) is 0 Å². The number of aromatic nitrogens is 3. The molecule has 5 unspecified atom stereocenters. The molecule has 0 aliphatic carbocycles. The predicted molar refractivity (Wildman–Crippen MR) is 165 cm³/mol. The van der Waals surface area contributed by atoms with E-state index in [1.807, 2.05) is 38.1 Å². The number of aliphatic carboxylic acids is 1. The average Bonchev–Trinajstić information content (AvgIpc) is 3.66. The number of amides is 3. The number of aromatic amines is 2. The Morgan fingerprint density at radius 1 is 0.977 bits per heavy atom. The highest BCUT2D eigenvalue weighted by Gasteiger charge is 2.31. The van der Waals surface area contributed by atoms with Crippen molar-refractivity contribution in [1.82, 2.24) is 30.9 Å². The van der Waals surface area contributed by atoms with Crippen LogP contribution in [-0.2, 0) is 32.0 Å². The SMILES string of the molecule is CCC(C)C(N)C(=O)NC(CCCN=C(N)N)C(=O)NC(Cc1cnc[nH]1)C(=O)NC(Cc1c[nH]c2ccccc12)C(=O)O. The number of carbonyl (C=O) groups excluding carboxylic acids is 3. The molecule has 2 heterocycles. The number of nitrogens with one attached hydrogen (secondary N) is 5. The number of hydrogen-bond donors (Lipinski definition) is 9. The number of guanidine groups is 1. The summed E-state index contributed by atoms with van der Waals surface area (Å²) in [5.41, 5.74) is 19.0. The molecule has 0 aliphatic rings. The standard InChI is InChI=1S/C29H42N10O5/c1-3-16(2)24(30)27(42)37-21(9-6-10-34-29(31)32)25(40)38-22(12-18-14-33-15-36-18)26(41)39-23(28(43)44)11-17-13-35-20-8-5-4-7-19(17)20/h4-5,7-8,13-16,21-24,35H,3,6,9-12,30H2,1-2H3,(H,33,36)(H,37,42)(H,38,40)(H,39,41)(H,43,44)(H4,31,32,34). The predicted octanol–water partition coefficient (Wildman–Crippen LogP) is -0.358. The van der Waals surface area contributed by atoms with Gasteiger partial charge in [0.1, 0.15) is 18.1 Å². The second kappa shape index (κ2) is 16.1. The van der Waals surface area contributed by atoms with E-state index in [4.69, 9.17) is 17.2 Å². The van der Waals surface area contributed by atoms with E-state index >= 15 is 0 Å². The zero-order valence-electron chi connectivity index (χ0n) is 24.9. The van der Waals surface area contributed by atoms with Gasteiger partial charge >= 0.3 is 5.97 Å². The van der Waals surface area contributed by atoms with Gasteiger partial charge in [-0.1, -0.05) is 38.5 Å². The normalized spacial score (nSPS) is 14.5. The summed E-state index contributed by atoms with van der Waals surface area (Å²) in [6, 6.07) is 3.02. The average molecular weight is 611 g/mol. The summed E-state index contributed by atoms with van der Waals surface area (Å²) < 4.78 is 0. The van der Waals surface area contributed by atoms with Gasteiger partial charge in [-0.2, -0.15) is 0 Å². The molecule has 5 atom stereocenters. The number of carboxylic acid groups (broad SMARTS) is 1. The molecule has 12 N–H and O–H groups in total. The van der Waals surface area contributed by atoms with Crippen molar-refractivity contribution in [1.29, 1.82) is 0 Å². The van der Waals surface area contributed by atoms with Crippen molar-refractivity contribution in [3.8, 4) is 0 Å². The third-order valence-electron chi connectivity index (χ3n) is 7.46. The molecule has 0 spiro atoms. The van der Waals surface area contributed by atoms with Gasteiger partial charge in [0, 0.05) is 48.4 Å². The van der Waals surface area contributed by atoms with Crippen LogP contribution in [0, 0.1) is 5.92 Å². The number of fused-ring (bicyclic) bond motifs is 1. The van der Waals surface area contributed by atoms with Crippen molar-refractivity contribution in [3.05, 3.63) is 54.2 Å². The number of rotatable bonds is 17. The van der Waals surface area contributed by atoms with Gasteiger partial charge in [0.15, 0.2) is 5.96 Å². The van der Waals surface area contributed by atoms with E-state index in [1.165, 1.54) is 12.5 Å². The monoisotopic (exact) mass is 610 g/mol. The Balaban J connectivity index is 1.80. The van der Waals surface area contributed by atoms with Gasteiger partial charge in [0.2, 0.25) is 17.7 Å². The fraction of sp³-hybridized carbons (Fsp3) is 0.448. The Labute approximate surface area is 254 Å². The largest absolute Gasteiger partial charge is 0.480 e. The zero-order valence-corrected chi connectivity index (χ0v) is 24.9. The van der Waals surface area contributed by atoms with Gasteiger partial charge in [-0.15, -0.1) is 0 Å². The first kappa shape index (κ1) is 33.6. The number of nitrogens with zero attached hydrogens (tertiary/aromatic N) is 2. The van der Waals surface area contributed by atoms with E-state index in [1.54, 1.807) is 6.20 Å². The first-order chi connectivity index (χ1) is 21.0. The lowest BCUT2D eigenvalue weighted by atomic mass is 9.98. The molecule has 15 heteroatoms. The van der Waals surface area contributed by atoms with Crippen molar-refractivity contribution in [2.45, 2.75) is 70.1 Å². The summed E-state index contributed by atoms with van der Waals surface area (Å²) >= 11 is 0. The van der Waals surface area contributed by atoms with Crippen LogP contribution in [0.25, 0.3) is 10.9 Å². The fourth-order valence-electron chi connectivity index (χ4n) is 4.64. The lowest BCUT2D eigenvalue weighted by Crippen LogP contribution is -2.58. The van der Waals surface area contributed by atoms with Crippen molar-refractivity contribution in [3.63, 3.8) is 0 Å². The first-order valence-electron chi connectivity index (χ1n) is 14.5. The molecule has 0 aliphatic heterocycles. The zero-order chi connectivity index (χ0) is 32.2. The third-order valence-corrected chi connectivity index (χ3v) is 7.46. The van der Waals surface area contributed by atoms with E-state index in [0.717, 1.165) is 10.9 Å². The molecule has 0 fully saturated rings. The number of aliphatic imine (C=N–C) groups is 1. The molecule has 0 radical (unpaired) electrons. The van der Waals surface area contributed by atoms with Crippen LogP contribution < -0.4 is 33.2 Å². The topological polar surface area (TPSA) is 259 Å². The first-order valence-corrected chi connectivity index (χ1v) is 14.5. The molecule has 3 aromatic rings. The summed E-state index contributed by atoms with van der Waals surface area (Å²) in [5, 5.41) is 18.7. The Kier molecular flexibility index (Phi) is 12.3. The molecule has 0 saturated carbocycles. The van der Waals surface area contributed by atoms with Crippen LogP contribution >= 0.6 is 0 Å². The summed E-state index contributed by atoms with van der Waals surface area (Å²) in [6.45, 7) is 3.95. The van der Waals surface area contributed by atoms with E-state index in [0.29, 0.717) is 24.1 Å². The van der Waals surface area contributed by atoms with Gasteiger partial charge in [-0.25, -0.2) is 9.78 Å². The smallest absolute Gasteiger partial charge is 0.326 e. The highest BCUT2D eigenvalue weighted by molar-refractivity contribution is 5.94. The minimum Gasteiger partial charge on any atom is -0.480 e. The summed E-state index contributed by atoms with van der Waals surface area (Å²) in [4.78, 5) is 66.1. The number of hydrogen-bond acceptors (Lipinski definition) is 7. The van der Waals surface area contributed by atoms with Crippen LogP contribution in [0.15, 0.2) is 48.0 Å². The van der Waals surface area contributed by atoms with E-state index < -0.39 is 47.9 Å². The summed E-state index contributed by atoms with van der Waals surface area (Å²) in [5.74, 6) is -3.36. The number of nitrogens with two attached hydrogens (primary N) is 3. The van der Waals surface area contributed by atoms with E-state index in [9.17, 15) is 24.3 Å². The minimum atomic E-state index is -1.29. The molecule has 3 rings (SSSR count). The summed E-state index contributed by atoms with van der Waals surface area (Å²) in [7, 11) is 0. The molecular formula is C29H42N10O5. The molecular weight excluding hydrogens is 568 g/mol. The number of carbonyl (C=O) groups is 4. The van der Waals surface area contributed by atoms with Crippen molar-refractivity contribution in [2.24, 2.45) is 28.1 Å². The quantitative estimate of drug-likeness (QED) is 0.0548. The number of para-hydroxylation sites is 1. The lowest BCUT2D eigenvalue weighted by Gasteiger charge is -2.26. The van der Waals surface area contributed by atoms with Gasteiger partial charge in [-0.05, 0) is 30.4 Å². The van der Waals surface area contributed by atoms with Gasteiger partial charge in [0.25, 0.3) is 0 Å². The number of imidazole rings is 1. The maximum atomic E-state index is 13.6. The Bertz CT molecular complexity index is 1430. The van der Waals surface area contributed by atoms with Gasteiger partial charge in [-0.3, -0.25) is 19.4 Å². The molecule has 1 aromatic carbocycles. The molecule has 44 heavy (non-hydrogen) atoms.